The van der Waals surface area contributed by atoms with Crippen molar-refractivity contribution < 1.29 is 148 Å². The van der Waals surface area contributed by atoms with Crippen molar-refractivity contribution >= 4 is 0 Å². The minimum absolute atomic E-state index is 0.238. The van der Waals surface area contributed by atoms with E-state index in [-0.39, 0.29) is 6.54 Å². The van der Waals surface area contributed by atoms with Crippen LogP contribution in [0.3, 0.4) is 0 Å². The highest BCUT2D eigenvalue weighted by Crippen LogP contribution is 2.38. The van der Waals surface area contributed by atoms with E-state index in [1.54, 1.807) is 23.3 Å². The molecule has 31 nitrogen and oxygen atoms in total. The molecule has 24 rings (SSSR count). The van der Waals surface area contributed by atoms with E-state index in [4.69, 9.17) is 56.8 Å². The molecule has 2 aromatic rings. The average molecular weight is 1140 g/mol. The number of aliphatic hydroxyl groups excluding tert-OH is 17. The minimum atomic E-state index is -2.15. The third kappa shape index (κ3) is 11.9. The van der Waals surface area contributed by atoms with Gasteiger partial charge in [-0.2, -0.15) is 0 Å². The van der Waals surface area contributed by atoms with Gasteiger partial charge in [0.15, 0.2) is 37.7 Å². The number of aromatic nitrogens is 2. The van der Waals surface area contributed by atoms with E-state index in [0.717, 1.165) is 22.4 Å². The number of nitrogens with zero attached hydrogens (tertiary/aromatic N) is 2. The largest absolute Gasteiger partial charge is 0.394 e. The second kappa shape index (κ2) is 25.2. The van der Waals surface area contributed by atoms with Crippen LogP contribution < -0.4 is 4.57 Å². The molecule has 0 aliphatic carbocycles. The van der Waals surface area contributed by atoms with E-state index in [1.807, 2.05) is 37.5 Å². The van der Waals surface area contributed by atoms with Gasteiger partial charge in [0.05, 0.1) is 33.0 Å². The average Bonchev–Trinajstić information content (AvgIpc) is 3.92. The van der Waals surface area contributed by atoms with E-state index >= 15 is 0 Å². The lowest BCUT2D eigenvalue weighted by Crippen LogP contribution is -2.69. The van der Waals surface area contributed by atoms with Gasteiger partial charge in [-0.1, -0.05) is 17.7 Å². The second-order valence-corrected chi connectivity index (χ2v) is 20.9. The van der Waals surface area contributed by atoms with Crippen molar-refractivity contribution in [3.05, 3.63) is 47.5 Å². The molecule has 31 heteroatoms. The lowest BCUT2D eigenvalue weighted by atomic mass is 9.94. The van der Waals surface area contributed by atoms with Gasteiger partial charge in [0.2, 0.25) is 6.33 Å². The van der Waals surface area contributed by atoms with Crippen LogP contribution in [0.15, 0.2) is 30.9 Å². The van der Waals surface area contributed by atoms with Crippen LogP contribution >= 0.6 is 0 Å². The van der Waals surface area contributed by atoms with Crippen LogP contribution in [0, 0.1) is 20.8 Å². The van der Waals surface area contributed by atoms with Crippen LogP contribution in [-0.2, 0) is 63.4 Å². The third-order valence-electron chi connectivity index (χ3n) is 15.5. The fraction of sp³-hybridized carbons (Fsp3) is 0.812. The fourth-order valence-corrected chi connectivity index (χ4v) is 11.3. The molecule has 0 unspecified atom stereocenters. The number of rotatable bonds is 8. The first-order valence-corrected chi connectivity index (χ1v) is 25.8. The highest BCUT2D eigenvalue weighted by atomic mass is 16.8. The molecule has 1 aromatic heterocycles. The Morgan fingerprint density at radius 1 is 0.354 bits per heavy atom. The zero-order valence-electron chi connectivity index (χ0n) is 42.8. The van der Waals surface area contributed by atoms with E-state index in [9.17, 15) is 86.8 Å². The van der Waals surface area contributed by atoms with Gasteiger partial charge in [0.25, 0.3) is 0 Å². The molecule has 22 fully saturated rings. The predicted octanol–water partition coefficient (Wildman–Crippen LogP) is -10.3. The van der Waals surface area contributed by atoms with Crippen LogP contribution in [0.2, 0.25) is 0 Å². The summed E-state index contributed by atoms with van der Waals surface area (Å²) in [4.78, 5) is 0. The molecule has 1 aromatic carbocycles. The van der Waals surface area contributed by atoms with Crippen LogP contribution in [0.1, 0.15) is 16.7 Å². The van der Waals surface area contributed by atoms with Crippen LogP contribution in [0.25, 0.3) is 5.69 Å². The third-order valence-corrected chi connectivity index (χ3v) is 15.5. The monoisotopic (exact) mass is 1140 g/mol. The van der Waals surface area contributed by atoms with E-state index < -0.39 is 217 Å². The molecule has 448 valence electrons. The van der Waals surface area contributed by atoms with Crippen LogP contribution in [-0.4, -0.2) is 309 Å². The minimum Gasteiger partial charge on any atom is -0.394 e. The molecule has 22 saturated heterocycles. The topological polar surface area (TPSA) is 463 Å². The standard InChI is InChI=1S/C48H73N2O29/c1-15-6-16(2)24(17(3)7-15)50-5-4-49(14-50)8-18-37-25(56)31(62)43(68-18)75-38-19(9-51)70-45(33(64)27(38)58)77-40-21(11-53)72-47(35(66)29(40)60)79-42-23(13-55)73-48(36(67)30(42)61)78-41-22(12-54)71-46(34(65)28(41)59)76-39-20(10-52)69-44(74-37)32(63)26(39)57/h4-7,14,18-23,25-48,51-67H,8-13H2,1-3H3/q+1/t18-,19-,20-,21-,22-,23-,25-,26-,27-,28-,29-,30-,31-,32-,33-,34-,35-,36-,37-,38-,39-,40-,41-,42-,43-,44-,45-,46-,47-,48-/m1/s1. The molecule has 79 heavy (non-hydrogen) atoms. The number of ether oxygens (including phenoxy) is 12. The lowest BCUT2D eigenvalue weighted by molar-refractivity contribution is -0.707. The summed E-state index contributed by atoms with van der Waals surface area (Å²) in [6.07, 6.45) is -53.0. The SMILES string of the molecule is Cc1cc(C)c(-n2cc[n+](C[C@H]3O[C@@H]4O[C@H]5[C@H](O)[C@@H](O)[C@@H](O[C@H]6[C@H](O)[C@@H](O)[C@@H](O[C@H]7[C@H](O)[C@@H](O)[C@@H](O[C@H]8[C@H](O)[C@@H](O)[C@@H](O[C@H]9[C@H](O)[C@@H](O)[C@@H](O[C@H]3[C@H](O)[C@H]4O)O[C@@H]9CO)O[C@@H]8CO)O[C@@H]7CO)O[C@@H]6CO)O[C@@H]5CO)c2)c(C)c1. The Labute approximate surface area is 449 Å². The maximum Gasteiger partial charge on any atom is 0.249 e. The first-order chi connectivity index (χ1) is 37.6. The number of imidazole rings is 1. The van der Waals surface area contributed by atoms with Crippen molar-refractivity contribution in [3.63, 3.8) is 0 Å². The summed E-state index contributed by atoms with van der Waals surface area (Å²) in [6, 6.07) is 3.98. The van der Waals surface area contributed by atoms with Gasteiger partial charge in [0, 0.05) is 0 Å². The first-order valence-electron chi connectivity index (χ1n) is 25.8. The van der Waals surface area contributed by atoms with E-state index in [2.05, 4.69) is 0 Å². The number of benzene rings is 1. The van der Waals surface area contributed by atoms with Crippen molar-refractivity contribution in [2.24, 2.45) is 0 Å². The van der Waals surface area contributed by atoms with Crippen molar-refractivity contribution in [1.29, 1.82) is 0 Å². The van der Waals surface area contributed by atoms with Crippen molar-refractivity contribution in [2.75, 3.05) is 33.0 Å². The van der Waals surface area contributed by atoms with Crippen molar-refractivity contribution in [3.8, 4) is 5.69 Å². The molecule has 0 saturated carbocycles. The molecule has 30 atom stereocenters. The Kier molecular flexibility index (Phi) is 19.4. The highest BCUT2D eigenvalue weighted by Gasteiger charge is 2.59. The molecule has 0 amide bonds. The Bertz CT molecular complexity index is 2270. The molecule has 22 aliphatic heterocycles. The summed E-state index contributed by atoms with van der Waals surface area (Å²) < 4.78 is 73.9. The number of aliphatic hydroxyl groups is 17. The predicted molar refractivity (Wildman–Crippen MR) is 249 cm³/mol. The maximum atomic E-state index is 11.9. The Balaban J connectivity index is 1.04. The Hall–Kier alpha value is -2.73. The molecule has 0 radical (unpaired) electrons. The molecule has 12 bridgehead atoms. The van der Waals surface area contributed by atoms with Gasteiger partial charge in [-0.3, -0.25) is 0 Å². The van der Waals surface area contributed by atoms with Gasteiger partial charge in [-0.15, -0.1) is 0 Å². The lowest BCUT2D eigenvalue weighted by Gasteiger charge is -2.50. The van der Waals surface area contributed by atoms with Crippen molar-refractivity contribution in [1.82, 2.24) is 4.57 Å². The summed E-state index contributed by atoms with van der Waals surface area (Å²) in [6.45, 7) is 0.611. The van der Waals surface area contributed by atoms with Crippen LogP contribution in [0.5, 0.6) is 0 Å². The Morgan fingerprint density at radius 2 is 0.595 bits per heavy atom. The van der Waals surface area contributed by atoms with E-state index in [1.165, 1.54) is 0 Å². The quantitative estimate of drug-likeness (QED) is 0.109. The number of aryl methyl sites for hydroxylation is 3. The van der Waals surface area contributed by atoms with Gasteiger partial charge in [-0.05, 0) is 31.9 Å². The van der Waals surface area contributed by atoms with Crippen LogP contribution in [0.4, 0.5) is 0 Å². The van der Waals surface area contributed by atoms with Gasteiger partial charge < -0.3 is 144 Å². The first kappa shape index (κ1) is 60.8. The summed E-state index contributed by atoms with van der Waals surface area (Å²) in [7, 11) is 0. The van der Waals surface area contributed by atoms with Gasteiger partial charge >= 0.3 is 0 Å². The fourth-order valence-electron chi connectivity index (χ4n) is 11.3. The summed E-state index contributed by atoms with van der Waals surface area (Å²) >= 11 is 0. The number of hydrogen-bond donors (Lipinski definition) is 17. The maximum absolute atomic E-state index is 11.9. The summed E-state index contributed by atoms with van der Waals surface area (Å²) in [5.74, 6) is 0. The second-order valence-electron chi connectivity index (χ2n) is 20.9. The zero-order valence-corrected chi connectivity index (χ0v) is 42.8. The Morgan fingerprint density at radius 3 is 0.848 bits per heavy atom. The van der Waals surface area contributed by atoms with Gasteiger partial charge in [0.1, 0.15) is 171 Å². The van der Waals surface area contributed by atoms with E-state index in [0.29, 0.717) is 0 Å². The molecule has 22 aliphatic rings. The number of hydrogen-bond acceptors (Lipinski definition) is 29. The summed E-state index contributed by atoms with van der Waals surface area (Å²) in [5.41, 5.74) is 3.74. The highest BCUT2D eigenvalue weighted by molar-refractivity contribution is 5.48. The molecular formula is C48H73N2O29+. The molecular weight excluding hydrogens is 1070 g/mol. The normalized spacial score (nSPS) is 48.2. The molecule has 0 spiro atoms. The molecule has 17 N–H and O–H groups in total. The summed E-state index contributed by atoms with van der Waals surface area (Å²) in [5, 5.41) is 190. The zero-order chi connectivity index (χ0) is 57.0. The van der Waals surface area contributed by atoms with Gasteiger partial charge in [-0.25, -0.2) is 9.13 Å². The van der Waals surface area contributed by atoms with Crippen molar-refractivity contribution in [2.45, 2.75) is 212 Å². The smallest absolute Gasteiger partial charge is 0.249 e. The molecule has 23 heterocycles.